The molecule has 2 aromatic rings. The second-order valence-corrected chi connectivity index (χ2v) is 10.1. The summed E-state index contributed by atoms with van der Waals surface area (Å²) in [6.07, 6.45) is 0.505. The van der Waals surface area contributed by atoms with Crippen LogP contribution >= 0.6 is 0 Å². The summed E-state index contributed by atoms with van der Waals surface area (Å²) in [5.74, 6) is -0.627. The van der Waals surface area contributed by atoms with E-state index in [2.05, 4.69) is 5.32 Å². The van der Waals surface area contributed by atoms with Crippen LogP contribution in [0.3, 0.4) is 0 Å². The molecule has 1 aliphatic heterocycles. The summed E-state index contributed by atoms with van der Waals surface area (Å²) < 4.78 is 13.6. The lowest BCUT2D eigenvalue weighted by Gasteiger charge is -2.51. The molecule has 2 aromatic carbocycles. The van der Waals surface area contributed by atoms with Gasteiger partial charge in [-0.2, -0.15) is 0 Å². The Morgan fingerprint density at radius 2 is 1.81 bits per heavy atom. The smallest absolute Gasteiger partial charge is 0.251 e. The van der Waals surface area contributed by atoms with Crippen LogP contribution in [-0.4, -0.2) is 40.4 Å². The van der Waals surface area contributed by atoms with Crippen molar-refractivity contribution in [3.8, 4) is 0 Å². The first kappa shape index (κ1) is 23.9. The molecule has 2 N–H and O–H groups in total. The van der Waals surface area contributed by atoms with Crippen LogP contribution in [0.2, 0.25) is 0 Å². The Labute approximate surface area is 189 Å². The van der Waals surface area contributed by atoms with Crippen molar-refractivity contribution in [2.24, 2.45) is 5.41 Å². The number of aryl methyl sites for hydroxylation is 1. The van der Waals surface area contributed by atoms with Crippen molar-refractivity contribution in [3.63, 3.8) is 0 Å². The molecule has 1 heterocycles. The van der Waals surface area contributed by atoms with Gasteiger partial charge in [0.2, 0.25) is 5.91 Å². The van der Waals surface area contributed by atoms with Gasteiger partial charge in [-0.25, -0.2) is 4.39 Å². The molecule has 32 heavy (non-hydrogen) atoms. The van der Waals surface area contributed by atoms with Gasteiger partial charge in [-0.05, 0) is 62.6 Å². The summed E-state index contributed by atoms with van der Waals surface area (Å²) in [6, 6.07) is 13.4. The fourth-order valence-corrected chi connectivity index (χ4v) is 4.63. The van der Waals surface area contributed by atoms with Gasteiger partial charge in [-0.1, -0.05) is 38.1 Å². The summed E-state index contributed by atoms with van der Waals surface area (Å²) in [4.78, 5) is 27.4. The van der Waals surface area contributed by atoms with E-state index in [1.54, 1.807) is 42.2 Å². The minimum atomic E-state index is -1.17. The van der Waals surface area contributed by atoms with Gasteiger partial charge in [-0.3, -0.25) is 9.59 Å². The lowest BCUT2D eigenvalue weighted by atomic mass is 9.65. The minimum Gasteiger partial charge on any atom is -0.384 e. The molecule has 1 atom stereocenters. The zero-order valence-electron chi connectivity index (χ0n) is 19.5. The normalized spacial score (nSPS) is 20.7. The second-order valence-electron chi connectivity index (χ2n) is 10.1. The molecule has 0 aromatic heterocycles. The van der Waals surface area contributed by atoms with Crippen molar-refractivity contribution in [1.29, 1.82) is 0 Å². The van der Waals surface area contributed by atoms with E-state index in [0.717, 1.165) is 0 Å². The first-order chi connectivity index (χ1) is 14.8. The van der Waals surface area contributed by atoms with Gasteiger partial charge in [-0.15, -0.1) is 0 Å². The van der Waals surface area contributed by atoms with Crippen LogP contribution in [0.5, 0.6) is 0 Å². The van der Waals surface area contributed by atoms with Crippen LogP contribution in [0, 0.1) is 18.2 Å². The van der Waals surface area contributed by atoms with Gasteiger partial charge in [0.1, 0.15) is 5.82 Å². The molecule has 0 saturated carbocycles. The van der Waals surface area contributed by atoms with Crippen LogP contribution in [-0.2, 0) is 10.4 Å². The number of likely N-dealkylation sites (tertiary alicyclic amines) is 1. The number of piperidine rings is 1. The van der Waals surface area contributed by atoms with Crippen molar-refractivity contribution in [1.82, 2.24) is 10.2 Å². The lowest BCUT2D eigenvalue weighted by Crippen LogP contribution is -2.58. The molecule has 3 rings (SSSR count). The summed E-state index contributed by atoms with van der Waals surface area (Å²) >= 11 is 0. The second kappa shape index (κ2) is 8.66. The quantitative estimate of drug-likeness (QED) is 0.733. The Morgan fingerprint density at radius 1 is 1.16 bits per heavy atom. The highest BCUT2D eigenvalue weighted by Crippen LogP contribution is 2.47. The summed E-state index contributed by atoms with van der Waals surface area (Å²) in [5.41, 5.74) is -0.585. The van der Waals surface area contributed by atoms with Gasteiger partial charge in [0.25, 0.3) is 5.91 Å². The number of carbonyl (C=O) groups excluding carboxylic acids is 2. The zero-order valence-corrected chi connectivity index (χ0v) is 19.5. The van der Waals surface area contributed by atoms with Crippen LogP contribution in [0.15, 0.2) is 48.5 Å². The molecule has 0 bridgehead atoms. The van der Waals surface area contributed by atoms with Crippen LogP contribution < -0.4 is 5.32 Å². The summed E-state index contributed by atoms with van der Waals surface area (Å²) in [7, 11) is 0. The van der Waals surface area contributed by atoms with E-state index in [0.29, 0.717) is 36.2 Å². The molecular weight excluding hydrogens is 407 g/mol. The van der Waals surface area contributed by atoms with Gasteiger partial charge >= 0.3 is 0 Å². The molecule has 0 aliphatic carbocycles. The largest absolute Gasteiger partial charge is 0.384 e. The third-order valence-electron chi connectivity index (χ3n) is 6.52. The molecule has 0 unspecified atom stereocenters. The van der Waals surface area contributed by atoms with Crippen LogP contribution in [0.4, 0.5) is 4.39 Å². The maximum atomic E-state index is 13.6. The number of rotatable bonds is 5. The molecule has 1 saturated heterocycles. The molecule has 0 spiro atoms. The maximum Gasteiger partial charge on any atom is 0.251 e. The average Bonchev–Trinajstić information content (AvgIpc) is 2.69. The topological polar surface area (TPSA) is 69.6 Å². The number of halogens is 1. The number of nitrogens with zero attached hydrogens (tertiary/aromatic N) is 1. The Hall–Kier alpha value is -2.73. The van der Waals surface area contributed by atoms with Crippen molar-refractivity contribution in [3.05, 3.63) is 71.0 Å². The highest BCUT2D eigenvalue weighted by molar-refractivity contribution is 5.95. The van der Waals surface area contributed by atoms with E-state index in [1.807, 2.05) is 33.8 Å². The average molecular weight is 441 g/mol. The fourth-order valence-electron chi connectivity index (χ4n) is 4.63. The zero-order chi connectivity index (χ0) is 23.7. The van der Waals surface area contributed by atoms with Crippen LogP contribution in [0.25, 0.3) is 0 Å². The molecule has 6 heteroatoms. The minimum absolute atomic E-state index is 0.0747. The Morgan fingerprint density at radius 3 is 2.41 bits per heavy atom. The third-order valence-corrected chi connectivity index (χ3v) is 6.52. The molecule has 172 valence electrons. The molecule has 2 amide bonds. The predicted molar refractivity (Wildman–Crippen MR) is 123 cm³/mol. The fraction of sp³-hybridized carbons (Fsp3) is 0.462. The molecule has 1 aliphatic rings. The number of hydrogen-bond acceptors (Lipinski definition) is 3. The number of aliphatic hydroxyl groups is 1. The monoisotopic (exact) mass is 440 g/mol. The summed E-state index contributed by atoms with van der Waals surface area (Å²) in [5, 5.41) is 14.5. The van der Waals surface area contributed by atoms with Crippen LogP contribution in [0.1, 0.15) is 62.0 Å². The third kappa shape index (κ3) is 4.85. The van der Waals surface area contributed by atoms with Crippen molar-refractivity contribution >= 4 is 11.8 Å². The predicted octanol–water partition coefficient (Wildman–Crippen LogP) is 4.18. The molecule has 1 fully saturated rings. The van der Waals surface area contributed by atoms with E-state index in [9.17, 15) is 19.1 Å². The number of carbonyl (C=O) groups is 2. The first-order valence-corrected chi connectivity index (χ1v) is 11.0. The van der Waals surface area contributed by atoms with E-state index in [1.165, 1.54) is 12.1 Å². The first-order valence-electron chi connectivity index (χ1n) is 11.0. The standard InChI is InChI=1S/C26H33FN2O3/c1-18-15-20(27)11-12-21(18)26(32)13-14-29(17-24(26,2)3)22(30)16-25(4,5)28-23(31)19-9-7-6-8-10-19/h6-12,15,32H,13-14,16-17H2,1-5H3,(H,28,31)/t26-/m1/s1. The van der Waals surface area contributed by atoms with Crippen molar-refractivity contribution in [2.45, 2.75) is 58.6 Å². The molecule has 5 nitrogen and oxygen atoms in total. The number of nitrogens with one attached hydrogen (secondary N) is 1. The Kier molecular flexibility index (Phi) is 6.47. The lowest BCUT2D eigenvalue weighted by molar-refractivity contribution is -0.154. The SMILES string of the molecule is Cc1cc(F)ccc1[C@]1(O)CCN(C(=O)CC(C)(C)NC(=O)c2ccccc2)CC1(C)C. The highest BCUT2D eigenvalue weighted by Gasteiger charge is 2.50. The van der Waals surface area contributed by atoms with Crippen molar-refractivity contribution < 1.29 is 19.1 Å². The number of amides is 2. The Bertz CT molecular complexity index is 1000. The maximum absolute atomic E-state index is 13.6. The van der Waals surface area contributed by atoms with E-state index >= 15 is 0 Å². The number of hydrogen-bond donors (Lipinski definition) is 2. The molecule has 0 radical (unpaired) electrons. The van der Waals surface area contributed by atoms with E-state index < -0.39 is 16.6 Å². The van der Waals surface area contributed by atoms with Gasteiger partial charge < -0.3 is 15.3 Å². The van der Waals surface area contributed by atoms with Gasteiger partial charge in [0, 0.05) is 36.0 Å². The van der Waals surface area contributed by atoms with Crippen molar-refractivity contribution in [2.75, 3.05) is 13.1 Å². The highest BCUT2D eigenvalue weighted by atomic mass is 19.1. The van der Waals surface area contributed by atoms with E-state index in [4.69, 9.17) is 0 Å². The number of benzene rings is 2. The summed E-state index contributed by atoms with van der Waals surface area (Å²) in [6.45, 7) is 10.1. The van der Waals surface area contributed by atoms with Gasteiger partial charge in [0.15, 0.2) is 0 Å². The Balaban J connectivity index is 1.69. The van der Waals surface area contributed by atoms with E-state index in [-0.39, 0.29) is 24.1 Å². The molecular formula is C26H33FN2O3. The van der Waals surface area contributed by atoms with Gasteiger partial charge in [0.05, 0.1) is 5.60 Å².